The third-order valence-corrected chi connectivity index (χ3v) is 5.25. The van der Waals surface area contributed by atoms with Gasteiger partial charge in [-0.15, -0.1) is 11.8 Å². The van der Waals surface area contributed by atoms with Gasteiger partial charge in [0.05, 0.1) is 10.9 Å². The summed E-state index contributed by atoms with van der Waals surface area (Å²) in [7, 11) is 0. The summed E-state index contributed by atoms with van der Waals surface area (Å²) in [5.41, 5.74) is 5.73. The van der Waals surface area contributed by atoms with Crippen molar-refractivity contribution in [3.8, 4) is 0 Å². The van der Waals surface area contributed by atoms with Crippen molar-refractivity contribution in [2.24, 2.45) is 0 Å². The smallest absolute Gasteiger partial charge is 0.239 e. The van der Waals surface area contributed by atoms with Gasteiger partial charge in [0, 0.05) is 11.0 Å². The van der Waals surface area contributed by atoms with E-state index in [9.17, 15) is 4.79 Å². The standard InChI is InChI=1S/C17H22N2O2S/c1-9-7-10(2)13(5)16(12(9)4)22-14(6)17(20)18-15-8-11(3)19-21-15/h7-8,14H,1-6H3,(H,18,20). The van der Waals surface area contributed by atoms with Crippen LogP contribution >= 0.6 is 11.8 Å². The van der Waals surface area contributed by atoms with Crippen LogP contribution in [0.4, 0.5) is 5.88 Å². The molecule has 1 N–H and O–H groups in total. The fraction of sp³-hybridized carbons (Fsp3) is 0.412. The number of anilines is 1. The van der Waals surface area contributed by atoms with E-state index in [1.54, 1.807) is 17.8 Å². The molecule has 118 valence electrons. The monoisotopic (exact) mass is 318 g/mol. The second-order valence-corrected chi connectivity index (χ2v) is 7.02. The summed E-state index contributed by atoms with van der Waals surface area (Å²) in [5, 5.41) is 6.31. The molecule has 1 amide bonds. The molecule has 1 aromatic heterocycles. The highest BCUT2D eigenvalue weighted by Crippen LogP contribution is 2.33. The third kappa shape index (κ3) is 3.53. The van der Waals surface area contributed by atoms with E-state index in [4.69, 9.17) is 4.52 Å². The van der Waals surface area contributed by atoms with Gasteiger partial charge in [-0.3, -0.25) is 10.1 Å². The van der Waals surface area contributed by atoms with E-state index in [2.05, 4.69) is 44.2 Å². The molecule has 2 rings (SSSR count). The third-order valence-electron chi connectivity index (χ3n) is 3.84. The number of carbonyl (C=O) groups is 1. The Morgan fingerprint density at radius 2 is 1.73 bits per heavy atom. The van der Waals surface area contributed by atoms with Crippen LogP contribution < -0.4 is 5.32 Å². The molecule has 1 atom stereocenters. The number of aromatic nitrogens is 1. The van der Waals surface area contributed by atoms with E-state index >= 15 is 0 Å². The van der Waals surface area contributed by atoms with Gasteiger partial charge in [0.2, 0.25) is 11.8 Å². The first-order valence-electron chi connectivity index (χ1n) is 7.27. The van der Waals surface area contributed by atoms with Gasteiger partial charge in [-0.1, -0.05) is 11.2 Å². The van der Waals surface area contributed by atoms with E-state index in [0.717, 1.165) is 5.69 Å². The minimum absolute atomic E-state index is 0.0842. The zero-order valence-electron chi connectivity index (χ0n) is 13.9. The van der Waals surface area contributed by atoms with Gasteiger partial charge >= 0.3 is 0 Å². The average molecular weight is 318 g/mol. The van der Waals surface area contributed by atoms with E-state index in [1.165, 1.54) is 27.1 Å². The van der Waals surface area contributed by atoms with Crippen LogP contribution in [-0.2, 0) is 4.79 Å². The first-order chi connectivity index (χ1) is 10.3. The first-order valence-corrected chi connectivity index (χ1v) is 8.15. The van der Waals surface area contributed by atoms with Crippen LogP contribution in [0.3, 0.4) is 0 Å². The van der Waals surface area contributed by atoms with Gasteiger partial charge in [0.15, 0.2) is 0 Å². The van der Waals surface area contributed by atoms with E-state index in [-0.39, 0.29) is 11.2 Å². The Morgan fingerprint density at radius 3 is 2.23 bits per heavy atom. The molecule has 0 bridgehead atoms. The molecule has 0 spiro atoms. The van der Waals surface area contributed by atoms with Gasteiger partial charge in [-0.2, -0.15) is 0 Å². The van der Waals surface area contributed by atoms with E-state index in [1.807, 2.05) is 13.8 Å². The Bertz CT molecular complexity index is 681. The predicted molar refractivity (Wildman–Crippen MR) is 90.6 cm³/mol. The summed E-state index contributed by atoms with van der Waals surface area (Å²) >= 11 is 1.59. The second kappa shape index (κ2) is 6.57. The quantitative estimate of drug-likeness (QED) is 0.852. The lowest BCUT2D eigenvalue weighted by Gasteiger charge is -2.17. The van der Waals surface area contributed by atoms with Crippen LogP contribution in [0.2, 0.25) is 0 Å². The summed E-state index contributed by atoms with van der Waals surface area (Å²) in [6, 6.07) is 3.90. The maximum Gasteiger partial charge on any atom is 0.239 e. The van der Waals surface area contributed by atoms with Crippen molar-refractivity contribution in [3.63, 3.8) is 0 Å². The number of amides is 1. The fourth-order valence-corrected chi connectivity index (χ4v) is 3.43. The first kappa shape index (κ1) is 16.6. The zero-order valence-corrected chi connectivity index (χ0v) is 14.7. The Morgan fingerprint density at radius 1 is 1.14 bits per heavy atom. The lowest BCUT2D eigenvalue weighted by Crippen LogP contribution is -2.22. The number of carbonyl (C=O) groups excluding carboxylic acids is 1. The summed E-state index contributed by atoms with van der Waals surface area (Å²) in [6.45, 7) is 12.1. The molecular weight excluding hydrogens is 296 g/mol. The van der Waals surface area contributed by atoms with Gasteiger partial charge in [0.1, 0.15) is 0 Å². The molecule has 0 saturated heterocycles. The van der Waals surface area contributed by atoms with Crippen molar-refractivity contribution in [1.82, 2.24) is 5.16 Å². The molecule has 1 aromatic carbocycles. The Kier molecular flexibility index (Phi) is 4.96. The summed E-state index contributed by atoms with van der Waals surface area (Å²) in [4.78, 5) is 13.5. The SMILES string of the molecule is Cc1cc(NC(=O)C(C)Sc2c(C)c(C)cc(C)c2C)on1. The Balaban J connectivity index is 2.15. The highest BCUT2D eigenvalue weighted by molar-refractivity contribution is 8.00. The molecule has 0 aliphatic carbocycles. The maximum atomic E-state index is 12.3. The Labute approximate surface area is 135 Å². The van der Waals surface area contributed by atoms with E-state index < -0.39 is 0 Å². The fourth-order valence-electron chi connectivity index (χ4n) is 2.23. The minimum Gasteiger partial charge on any atom is -0.338 e. The van der Waals surface area contributed by atoms with Crippen LogP contribution in [0.25, 0.3) is 0 Å². The minimum atomic E-state index is -0.219. The molecule has 0 saturated carbocycles. The number of nitrogens with one attached hydrogen (secondary N) is 1. The molecule has 0 aliphatic heterocycles. The van der Waals surface area contributed by atoms with E-state index in [0.29, 0.717) is 5.88 Å². The highest BCUT2D eigenvalue weighted by atomic mass is 32.2. The lowest BCUT2D eigenvalue weighted by molar-refractivity contribution is -0.115. The van der Waals surface area contributed by atoms with Crippen molar-refractivity contribution < 1.29 is 9.32 Å². The largest absolute Gasteiger partial charge is 0.338 e. The van der Waals surface area contributed by atoms with Crippen molar-refractivity contribution in [1.29, 1.82) is 0 Å². The number of thioether (sulfide) groups is 1. The van der Waals surface area contributed by atoms with Gasteiger partial charge in [0.25, 0.3) is 0 Å². The maximum absolute atomic E-state index is 12.3. The van der Waals surface area contributed by atoms with Crippen molar-refractivity contribution in [3.05, 3.63) is 40.1 Å². The molecule has 0 radical (unpaired) electrons. The van der Waals surface area contributed by atoms with Crippen molar-refractivity contribution >= 4 is 23.6 Å². The average Bonchev–Trinajstić information content (AvgIpc) is 2.86. The van der Waals surface area contributed by atoms with Crippen LogP contribution in [0.1, 0.15) is 34.9 Å². The highest BCUT2D eigenvalue weighted by Gasteiger charge is 2.19. The molecule has 1 unspecified atom stereocenters. The number of benzene rings is 1. The van der Waals surface area contributed by atoms with Gasteiger partial charge in [-0.25, -0.2) is 0 Å². The Hall–Kier alpha value is -1.75. The van der Waals surface area contributed by atoms with Crippen LogP contribution in [0, 0.1) is 34.6 Å². The summed E-state index contributed by atoms with van der Waals surface area (Å²) in [6.07, 6.45) is 0. The molecule has 5 heteroatoms. The normalized spacial score (nSPS) is 12.3. The topological polar surface area (TPSA) is 55.1 Å². The molecule has 1 heterocycles. The van der Waals surface area contributed by atoms with Crippen molar-refractivity contribution in [2.45, 2.75) is 51.7 Å². The number of nitrogens with zero attached hydrogens (tertiary/aromatic N) is 1. The summed E-state index contributed by atoms with van der Waals surface area (Å²) in [5.74, 6) is 0.308. The zero-order chi connectivity index (χ0) is 16.4. The predicted octanol–water partition coefficient (Wildman–Crippen LogP) is 4.34. The lowest BCUT2D eigenvalue weighted by atomic mass is 10.0. The van der Waals surface area contributed by atoms with Crippen molar-refractivity contribution in [2.75, 3.05) is 5.32 Å². The van der Waals surface area contributed by atoms with Crippen LogP contribution in [0.15, 0.2) is 21.6 Å². The van der Waals surface area contributed by atoms with Crippen LogP contribution in [-0.4, -0.2) is 16.3 Å². The van der Waals surface area contributed by atoms with Crippen LogP contribution in [0.5, 0.6) is 0 Å². The molecule has 0 aliphatic rings. The molecule has 2 aromatic rings. The summed E-state index contributed by atoms with van der Waals surface area (Å²) < 4.78 is 5.03. The number of aryl methyl sites for hydroxylation is 3. The number of hydrogen-bond donors (Lipinski definition) is 1. The number of hydrogen-bond acceptors (Lipinski definition) is 4. The second-order valence-electron chi connectivity index (χ2n) is 5.67. The molecular formula is C17H22N2O2S. The van der Waals surface area contributed by atoms with Gasteiger partial charge in [-0.05, 0) is 63.8 Å². The number of rotatable bonds is 4. The molecule has 0 fully saturated rings. The molecule has 22 heavy (non-hydrogen) atoms. The van der Waals surface area contributed by atoms with Gasteiger partial charge < -0.3 is 4.52 Å². The molecule has 4 nitrogen and oxygen atoms in total.